The zero-order valence-electron chi connectivity index (χ0n) is 30.8. The molecular weight excluding hydrogens is 572 g/mol. The highest BCUT2D eigenvalue weighted by atomic mass is 16.5. The van der Waals surface area contributed by atoms with Crippen LogP contribution in [0.5, 0.6) is 0 Å². The lowest BCUT2D eigenvalue weighted by Gasteiger charge is -2.16. The number of unbranched alkanes of at least 4 members (excludes halogenated alkanes) is 16. The van der Waals surface area contributed by atoms with Crippen LogP contribution in [0.4, 0.5) is 0 Å². The molecule has 0 saturated heterocycles. The number of carbonyl (C=O) groups is 3. The third-order valence-corrected chi connectivity index (χ3v) is 8.59. The second kappa shape index (κ2) is 34.4. The van der Waals surface area contributed by atoms with E-state index in [2.05, 4.69) is 38.2 Å². The van der Waals surface area contributed by atoms with E-state index in [1.807, 2.05) is 6.92 Å². The zero-order valence-corrected chi connectivity index (χ0v) is 30.8. The van der Waals surface area contributed by atoms with E-state index in [1.165, 1.54) is 64.2 Å². The van der Waals surface area contributed by atoms with E-state index >= 15 is 0 Å². The van der Waals surface area contributed by atoms with Gasteiger partial charge in [0, 0.05) is 32.1 Å². The number of Topliss-reactive ketones (excluding diaryl/α,β-unsaturated/α-hetero) is 1. The zero-order chi connectivity index (χ0) is 33.9. The normalized spacial score (nSPS) is 13.0. The van der Waals surface area contributed by atoms with Crippen molar-refractivity contribution in [3.63, 3.8) is 0 Å². The molecule has 2 atom stereocenters. The first-order chi connectivity index (χ1) is 22.4. The number of ether oxygens (including phenoxy) is 2. The molecule has 0 aliphatic heterocycles. The van der Waals surface area contributed by atoms with Crippen molar-refractivity contribution in [1.29, 1.82) is 0 Å². The average Bonchev–Trinajstić information content (AvgIpc) is 3.02. The Labute approximate surface area is 285 Å². The molecule has 0 radical (unpaired) electrons. The van der Waals surface area contributed by atoms with Gasteiger partial charge in [0.25, 0.3) is 0 Å². The van der Waals surface area contributed by atoms with Crippen molar-refractivity contribution >= 4 is 17.7 Å². The average molecular weight is 647 g/mol. The van der Waals surface area contributed by atoms with Crippen LogP contribution in [0.25, 0.3) is 0 Å². The lowest BCUT2D eigenvalue weighted by atomic mass is 10.0. The molecule has 0 amide bonds. The molecule has 0 heterocycles. The third-order valence-electron chi connectivity index (χ3n) is 8.59. The molecule has 0 N–H and O–H groups in total. The molecule has 0 aromatic heterocycles. The van der Waals surface area contributed by atoms with Crippen LogP contribution >= 0.6 is 0 Å². The molecule has 0 aromatic carbocycles. The molecule has 0 spiro atoms. The van der Waals surface area contributed by atoms with Crippen LogP contribution in [0.3, 0.4) is 0 Å². The van der Waals surface area contributed by atoms with E-state index in [0.717, 1.165) is 103 Å². The lowest BCUT2D eigenvalue weighted by Crippen LogP contribution is -2.17. The van der Waals surface area contributed by atoms with Gasteiger partial charge in [0.05, 0.1) is 0 Å². The van der Waals surface area contributed by atoms with Crippen LogP contribution in [0.15, 0.2) is 24.3 Å². The van der Waals surface area contributed by atoms with E-state index in [-0.39, 0.29) is 24.1 Å². The Hall–Kier alpha value is -1.91. The summed E-state index contributed by atoms with van der Waals surface area (Å²) in [5.74, 6) is 0.202. The minimum Gasteiger partial charge on any atom is -0.462 e. The number of hydrogen-bond donors (Lipinski definition) is 0. The van der Waals surface area contributed by atoms with E-state index in [4.69, 9.17) is 9.47 Å². The van der Waals surface area contributed by atoms with Gasteiger partial charge in [-0.1, -0.05) is 122 Å². The first-order valence-corrected chi connectivity index (χ1v) is 19.6. The van der Waals surface area contributed by atoms with Crippen LogP contribution < -0.4 is 0 Å². The van der Waals surface area contributed by atoms with Gasteiger partial charge in [-0.2, -0.15) is 0 Å². The van der Waals surface area contributed by atoms with Gasteiger partial charge in [0.15, 0.2) is 0 Å². The Morgan fingerprint density at radius 2 is 0.870 bits per heavy atom. The van der Waals surface area contributed by atoms with Gasteiger partial charge in [-0.3, -0.25) is 9.59 Å². The molecule has 46 heavy (non-hydrogen) atoms. The SMILES string of the molecule is CCCCCCC(C/C=C/CCCCCCCC(=O)OC(C/C=C/CCCCCCCC(C)=O)CCCCCC)OC(=O)CCC. The van der Waals surface area contributed by atoms with Crippen LogP contribution in [0, 0.1) is 0 Å². The number of esters is 2. The highest BCUT2D eigenvalue weighted by Gasteiger charge is 2.14. The molecule has 0 aliphatic carbocycles. The molecule has 0 bridgehead atoms. The Bertz CT molecular complexity index is 771. The molecule has 2 unspecified atom stereocenters. The predicted molar refractivity (Wildman–Crippen MR) is 195 cm³/mol. The fourth-order valence-electron chi connectivity index (χ4n) is 5.70. The first-order valence-electron chi connectivity index (χ1n) is 19.6. The molecule has 0 fully saturated rings. The maximum atomic E-state index is 12.6. The molecule has 0 saturated carbocycles. The van der Waals surface area contributed by atoms with Gasteiger partial charge in [0.1, 0.15) is 18.0 Å². The van der Waals surface area contributed by atoms with Gasteiger partial charge in [-0.15, -0.1) is 0 Å². The van der Waals surface area contributed by atoms with Crippen LogP contribution in [-0.4, -0.2) is 29.9 Å². The maximum absolute atomic E-state index is 12.6. The Balaban J connectivity index is 4.17. The van der Waals surface area contributed by atoms with Gasteiger partial charge in [-0.05, 0) is 77.6 Å². The predicted octanol–water partition coefficient (Wildman–Crippen LogP) is 12.5. The van der Waals surface area contributed by atoms with Crippen LogP contribution in [0.2, 0.25) is 0 Å². The quantitative estimate of drug-likeness (QED) is 0.0395. The minimum atomic E-state index is -0.0592. The van der Waals surface area contributed by atoms with E-state index in [9.17, 15) is 14.4 Å². The molecule has 0 aliphatic rings. The number of rotatable bonds is 34. The summed E-state index contributed by atoms with van der Waals surface area (Å²) in [4.78, 5) is 35.6. The number of ketones is 1. The molecule has 0 aromatic rings. The van der Waals surface area contributed by atoms with Crippen LogP contribution in [0.1, 0.15) is 207 Å². The summed E-state index contributed by atoms with van der Waals surface area (Å²) in [6.07, 6.45) is 38.1. The second-order valence-corrected chi connectivity index (χ2v) is 13.4. The summed E-state index contributed by atoms with van der Waals surface area (Å²) in [6.45, 7) is 8.13. The monoisotopic (exact) mass is 647 g/mol. The minimum absolute atomic E-state index is 0.00470. The summed E-state index contributed by atoms with van der Waals surface area (Å²) in [5.41, 5.74) is 0. The largest absolute Gasteiger partial charge is 0.462 e. The van der Waals surface area contributed by atoms with E-state index in [0.29, 0.717) is 18.6 Å². The van der Waals surface area contributed by atoms with Crippen molar-refractivity contribution in [2.24, 2.45) is 0 Å². The van der Waals surface area contributed by atoms with Crippen LogP contribution in [-0.2, 0) is 23.9 Å². The van der Waals surface area contributed by atoms with E-state index in [1.54, 1.807) is 6.92 Å². The van der Waals surface area contributed by atoms with Gasteiger partial charge in [0.2, 0.25) is 0 Å². The van der Waals surface area contributed by atoms with Crippen molar-refractivity contribution in [2.45, 2.75) is 220 Å². The smallest absolute Gasteiger partial charge is 0.306 e. The molecule has 268 valence electrons. The van der Waals surface area contributed by atoms with Gasteiger partial charge < -0.3 is 14.3 Å². The summed E-state index contributed by atoms with van der Waals surface area (Å²) in [7, 11) is 0. The third kappa shape index (κ3) is 32.0. The Morgan fingerprint density at radius 3 is 1.33 bits per heavy atom. The van der Waals surface area contributed by atoms with Crippen molar-refractivity contribution < 1.29 is 23.9 Å². The fraction of sp³-hybridized carbons (Fsp3) is 0.829. The summed E-state index contributed by atoms with van der Waals surface area (Å²) < 4.78 is 11.7. The van der Waals surface area contributed by atoms with Crippen molar-refractivity contribution in [1.82, 2.24) is 0 Å². The fourth-order valence-corrected chi connectivity index (χ4v) is 5.70. The van der Waals surface area contributed by atoms with E-state index < -0.39 is 0 Å². The number of carbonyl (C=O) groups excluding carboxylic acids is 3. The second-order valence-electron chi connectivity index (χ2n) is 13.4. The molecule has 5 nitrogen and oxygen atoms in total. The Morgan fingerprint density at radius 1 is 0.457 bits per heavy atom. The van der Waals surface area contributed by atoms with Crippen molar-refractivity contribution in [3.8, 4) is 0 Å². The number of hydrogen-bond acceptors (Lipinski definition) is 5. The Kier molecular flexibility index (Phi) is 33.0. The van der Waals surface area contributed by atoms with Gasteiger partial charge in [-0.25, -0.2) is 0 Å². The lowest BCUT2D eigenvalue weighted by molar-refractivity contribution is -0.150. The highest BCUT2D eigenvalue weighted by molar-refractivity contribution is 5.75. The van der Waals surface area contributed by atoms with Crippen molar-refractivity contribution in [3.05, 3.63) is 24.3 Å². The summed E-state index contributed by atoms with van der Waals surface area (Å²) in [6, 6.07) is 0. The molecule has 5 heteroatoms. The number of allylic oxidation sites excluding steroid dienone is 2. The molecular formula is C41H74O5. The highest BCUT2D eigenvalue weighted by Crippen LogP contribution is 2.17. The maximum Gasteiger partial charge on any atom is 0.306 e. The summed E-state index contributed by atoms with van der Waals surface area (Å²) >= 11 is 0. The summed E-state index contributed by atoms with van der Waals surface area (Å²) in [5, 5.41) is 0. The standard InChI is InChI=1S/C41H74O5/c1-5-8-10-25-32-38(45-40(43)30-7-3)34-27-21-18-14-15-19-23-29-36-41(44)46-39(33-26-11-9-6-2)35-28-22-17-13-12-16-20-24-31-37(4)42/h21-22,27-28,38-39H,5-20,23-26,29-36H2,1-4H3/b27-21+,28-22+. The van der Waals surface area contributed by atoms with Gasteiger partial charge >= 0.3 is 11.9 Å². The molecule has 0 rings (SSSR count). The van der Waals surface area contributed by atoms with Crippen molar-refractivity contribution in [2.75, 3.05) is 0 Å². The first kappa shape index (κ1) is 44.1. The topological polar surface area (TPSA) is 69.7 Å².